The van der Waals surface area contributed by atoms with Gasteiger partial charge in [0.05, 0.1) is 0 Å². The molecule has 3 rings (SSSR count). The summed E-state index contributed by atoms with van der Waals surface area (Å²) in [4.78, 5) is 25.7. The third kappa shape index (κ3) is 4.90. The van der Waals surface area contributed by atoms with Crippen molar-refractivity contribution in [1.82, 2.24) is 5.32 Å². The molecule has 1 aliphatic rings. The van der Waals surface area contributed by atoms with Crippen LogP contribution in [0, 0.1) is 0 Å². The van der Waals surface area contributed by atoms with Crippen LogP contribution < -0.4 is 10.6 Å². The van der Waals surface area contributed by atoms with Gasteiger partial charge in [0.15, 0.2) is 0 Å². The molecule has 27 heavy (non-hydrogen) atoms. The van der Waals surface area contributed by atoms with Crippen molar-refractivity contribution in [2.45, 2.75) is 23.2 Å². The summed E-state index contributed by atoms with van der Waals surface area (Å²) in [5.41, 5.74) is 1.58. The summed E-state index contributed by atoms with van der Waals surface area (Å²) < 4.78 is 5.51. The molecule has 6 heteroatoms. The van der Waals surface area contributed by atoms with E-state index in [9.17, 15) is 9.59 Å². The van der Waals surface area contributed by atoms with E-state index in [1.54, 1.807) is 17.8 Å². The van der Waals surface area contributed by atoms with Crippen LogP contribution in [0.25, 0.3) is 0 Å². The molecule has 0 atom stereocenters. The number of benzene rings is 2. The van der Waals surface area contributed by atoms with Gasteiger partial charge in [-0.3, -0.25) is 9.59 Å². The predicted molar refractivity (Wildman–Crippen MR) is 108 cm³/mol. The van der Waals surface area contributed by atoms with Crippen molar-refractivity contribution in [1.29, 1.82) is 0 Å². The zero-order valence-corrected chi connectivity index (χ0v) is 16.2. The van der Waals surface area contributed by atoms with E-state index < -0.39 is 11.8 Å². The van der Waals surface area contributed by atoms with Gasteiger partial charge in [-0.1, -0.05) is 36.4 Å². The molecule has 1 saturated heterocycles. The fourth-order valence-corrected chi connectivity index (χ4v) is 3.80. The summed E-state index contributed by atoms with van der Waals surface area (Å²) in [6.07, 6.45) is 3.59. The normalized spacial score (nSPS) is 15.7. The first-order valence-corrected chi connectivity index (χ1v) is 10.2. The van der Waals surface area contributed by atoms with E-state index in [2.05, 4.69) is 22.8 Å². The van der Waals surface area contributed by atoms with Crippen molar-refractivity contribution in [3.05, 3.63) is 60.2 Å². The van der Waals surface area contributed by atoms with Crippen molar-refractivity contribution < 1.29 is 14.3 Å². The SMILES string of the molecule is CSc1cccc(NC(=O)C(=O)NCC2(c3ccccc3)CCOCC2)c1. The Hall–Kier alpha value is -2.31. The highest BCUT2D eigenvalue weighted by Gasteiger charge is 2.35. The molecule has 0 bridgehead atoms. The third-order valence-electron chi connectivity index (χ3n) is 4.96. The van der Waals surface area contributed by atoms with Crippen LogP contribution in [0.15, 0.2) is 59.5 Å². The fourth-order valence-electron chi connectivity index (χ4n) is 3.34. The van der Waals surface area contributed by atoms with Crippen LogP contribution in [0.3, 0.4) is 0 Å². The summed E-state index contributed by atoms with van der Waals surface area (Å²) in [7, 11) is 0. The van der Waals surface area contributed by atoms with Crippen LogP contribution >= 0.6 is 11.8 Å². The Morgan fingerprint density at radius 3 is 2.48 bits per heavy atom. The number of ether oxygens (including phenoxy) is 1. The lowest BCUT2D eigenvalue weighted by Crippen LogP contribution is -2.47. The Bertz CT molecular complexity index is 789. The maximum Gasteiger partial charge on any atom is 0.313 e. The van der Waals surface area contributed by atoms with E-state index >= 15 is 0 Å². The number of carbonyl (C=O) groups is 2. The summed E-state index contributed by atoms with van der Waals surface area (Å²) >= 11 is 1.58. The highest BCUT2D eigenvalue weighted by molar-refractivity contribution is 7.98. The van der Waals surface area contributed by atoms with Crippen LogP contribution in [-0.2, 0) is 19.7 Å². The van der Waals surface area contributed by atoms with Gasteiger partial charge in [0.1, 0.15) is 0 Å². The molecule has 0 radical (unpaired) electrons. The minimum atomic E-state index is -0.650. The second-order valence-corrected chi connectivity index (χ2v) is 7.51. The van der Waals surface area contributed by atoms with E-state index in [0.717, 1.165) is 17.7 Å². The first-order chi connectivity index (χ1) is 13.1. The lowest BCUT2D eigenvalue weighted by atomic mass is 9.74. The Morgan fingerprint density at radius 2 is 1.78 bits per heavy atom. The molecule has 1 fully saturated rings. The van der Waals surface area contributed by atoms with Gasteiger partial charge in [-0.25, -0.2) is 0 Å². The highest BCUT2D eigenvalue weighted by Crippen LogP contribution is 2.34. The van der Waals surface area contributed by atoms with E-state index in [0.29, 0.717) is 25.4 Å². The highest BCUT2D eigenvalue weighted by atomic mass is 32.2. The maximum atomic E-state index is 12.4. The Kier molecular flexibility index (Phi) is 6.53. The number of carbonyl (C=O) groups excluding carboxylic acids is 2. The Morgan fingerprint density at radius 1 is 1.04 bits per heavy atom. The van der Waals surface area contributed by atoms with Gasteiger partial charge in [-0.15, -0.1) is 11.8 Å². The largest absolute Gasteiger partial charge is 0.381 e. The molecule has 0 unspecified atom stereocenters. The maximum absolute atomic E-state index is 12.4. The number of amides is 2. The van der Waals surface area contributed by atoms with Crippen molar-refractivity contribution in [2.75, 3.05) is 31.3 Å². The molecule has 2 amide bonds. The van der Waals surface area contributed by atoms with E-state index in [4.69, 9.17) is 4.74 Å². The van der Waals surface area contributed by atoms with Gasteiger partial charge in [-0.2, -0.15) is 0 Å². The molecular weight excluding hydrogens is 360 g/mol. The standard InChI is InChI=1S/C21H24N2O3S/c1-27-18-9-5-8-17(14-18)23-20(25)19(24)22-15-21(10-12-26-13-11-21)16-6-3-2-4-7-16/h2-9,14H,10-13,15H2,1H3,(H,22,24)(H,23,25). The smallest absolute Gasteiger partial charge is 0.313 e. The van der Waals surface area contributed by atoms with E-state index in [-0.39, 0.29) is 5.41 Å². The summed E-state index contributed by atoms with van der Waals surface area (Å²) in [6.45, 7) is 1.72. The summed E-state index contributed by atoms with van der Waals surface area (Å²) in [5.74, 6) is -1.27. The minimum absolute atomic E-state index is 0.200. The lowest BCUT2D eigenvalue weighted by Gasteiger charge is -2.37. The zero-order valence-electron chi connectivity index (χ0n) is 15.4. The van der Waals surface area contributed by atoms with Gasteiger partial charge >= 0.3 is 11.8 Å². The fraction of sp³-hybridized carbons (Fsp3) is 0.333. The average Bonchev–Trinajstić information content (AvgIpc) is 2.73. The molecule has 1 aliphatic heterocycles. The van der Waals surface area contributed by atoms with Gasteiger partial charge in [0.25, 0.3) is 0 Å². The number of thioether (sulfide) groups is 1. The molecule has 142 valence electrons. The number of anilines is 1. The topological polar surface area (TPSA) is 67.4 Å². The average molecular weight is 385 g/mol. The monoisotopic (exact) mass is 384 g/mol. The van der Waals surface area contributed by atoms with E-state index in [1.165, 1.54) is 5.56 Å². The summed E-state index contributed by atoms with van der Waals surface area (Å²) in [6, 6.07) is 17.6. The summed E-state index contributed by atoms with van der Waals surface area (Å²) in [5, 5.41) is 5.50. The number of nitrogens with one attached hydrogen (secondary N) is 2. The van der Waals surface area contributed by atoms with Crippen LogP contribution in [0.4, 0.5) is 5.69 Å². The van der Waals surface area contributed by atoms with Crippen LogP contribution in [0.1, 0.15) is 18.4 Å². The number of hydrogen-bond donors (Lipinski definition) is 2. The quantitative estimate of drug-likeness (QED) is 0.614. The van der Waals surface area contributed by atoms with Gasteiger partial charge < -0.3 is 15.4 Å². The number of rotatable bonds is 5. The molecule has 0 aliphatic carbocycles. The minimum Gasteiger partial charge on any atom is -0.381 e. The molecule has 1 heterocycles. The van der Waals surface area contributed by atoms with Gasteiger partial charge in [0, 0.05) is 35.8 Å². The third-order valence-corrected chi connectivity index (χ3v) is 5.68. The van der Waals surface area contributed by atoms with Crippen LogP contribution in [-0.4, -0.2) is 37.8 Å². The molecular formula is C21H24N2O3S. The van der Waals surface area contributed by atoms with Crippen molar-refractivity contribution >= 4 is 29.3 Å². The second kappa shape index (κ2) is 9.06. The van der Waals surface area contributed by atoms with Crippen LogP contribution in [0.2, 0.25) is 0 Å². The Labute approximate surface area is 163 Å². The zero-order chi connectivity index (χ0) is 19.1. The molecule has 2 aromatic rings. The molecule has 5 nitrogen and oxygen atoms in total. The predicted octanol–water partition coefficient (Wildman–Crippen LogP) is 3.21. The molecule has 0 saturated carbocycles. The van der Waals surface area contributed by atoms with Gasteiger partial charge in [-0.05, 0) is 42.9 Å². The van der Waals surface area contributed by atoms with Crippen molar-refractivity contribution in [3.8, 4) is 0 Å². The second-order valence-electron chi connectivity index (χ2n) is 6.63. The molecule has 0 aromatic heterocycles. The Balaban J connectivity index is 1.64. The lowest BCUT2D eigenvalue weighted by molar-refractivity contribution is -0.136. The molecule has 0 spiro atoms. The van der Waals surface area contributed by atoms with Crippen LogP contribution in [0.5, 0.6) is 0 Å². The first kappa shape index (κ1) is 19.5. The van der Waals surface area contributed by atoms with Crippen molar-refractivity contribution in [3.63, 3.8) is 0 Å². The molecule has 2 aromatic carbocycles. The first-order valence-electron chi connectivity index (χ1n) is 8.99. The van der Waals surface area contributed by atoms with E-state index in [1.807, 2.05) is 42.7 Å². The van der Waals surface area contributed by atoms with Gasteiger partial charge in [0.2, 0.25) is 0 Å². The number of hydrogen-bond acceptors (Lipinski definition) is 4. The molecule has 2 N–H and O–H groups in total. The van der Waals surface area contributed by atoms with Crippen molar-refractivity contribution in [2.24, 2.45) is 0 Å².